The predicted molar refractivity (Wildman–Crippen MR) is 70.5 cm³/mol. The molecule has 0 fully saturated rings. The standard InChI is InChI=1S/C11H15ClN2O3S/c1-11(2,18(3,16)17)7-13-10(15)8-5-4-6-9(12)14-8/h4-6H,7H2,1-3H3,(H,13,15). The second kappa shape index (κ2) is 5.24. The lowest BCUT2D eigenvalue weighted by molar-refractivity contribution is 0.0945. The Morgan fingerprint density at radius 3 is 2.56 bits per heavy atom. The topological polar surface area (TPSA) is 76.1 Å². The van der Waals surface area contributed by atoms with E-state index in [1.165, 1.54) is 6.07 Å². The molecule has 1 aromatic rings. The summed E-state index contributed by atoms with van der Waals surface area (Å²) < 4.78 is 21.9. The summed E-state index contributed by atoms with van der Waals surface area (Å²) in [6.07, 6.45) is 1.14. The van der Waals surface area contributed by atoms with Gasteiger partial charge in [-0.2, -0.15) is 0 Å². The molecule has 1 heterocycles. The number of pyridine rings is 1. The Hall–Kier alpha value is -1.14. The number of amides is 1. The molecule has 0 saturated heterocycles. The van der Waals surface area contributed by atoms with Crippen molar-refractivity contribution in [2.45, 2.75) is 18.6 Å². The highest BCUT2D eigenvalue weighted by Gasteiger charge is 2.30. The summed E-state index contributed by atoms with van der Waals surface area (Å²) in [5, 5.41) is 2.75. The number of rotatable bonds is 4. The second-order valence-electron chi connectivity index (χ2n) is 4.56. The van der Waals surface area contributed by atoms with Gasteiger partial charge in [-0.15, -0.1) is 0 Å². The van der Waals surface area contributed by atoms with Gasteiger partial charge in [0, 0.05) is 12.8 Å². The van der Waals surface area contributed by atoms with Crippen LogP contribution >= 0.6 is 11.6 Å². The van der Waals surface area contributed by atoms with Crippen molar-refractivity contribution in [2.75, 3.05) is 12.8 Å². The highest BCUT2D eigenvalue weighted by molar-refractivity contribution is 7.92. The number of sulfone groups is 1. The predicted octanol–water partition coefficient (Wildman–Crippen LogP) is 1.29. The SMILES string of the molecule is CC(C)(CNC(=O)c1cccc(Cl)n1)S(C)(=O)=O. The van der Waals surface area contributed by atoms with Crippen LogP contribution in [-0.4, -0.2) is 36.9 Å². The zero-order valence-electron chi connectivity index (χ0n) is 10.4. The minimum Gasteiger partial charge on any atom is -0.349 e. The Kier molecular flexibility index (Phi) is 4.34. The van der Waals surface area contributed by atoms with Gasteiger partial charge in [-0.05, 0) is 26.0 Å². The van der Waals surface area contributed by atoms with Crippen LogP contribution < -0.4 is 5.32 Å². The molecule has 0 spiro atoms. The summed E-state index contributed by atoms with van der Waals surface area (Å²) in [5.74, 6) is -0.450. The monoisotopic (exact) mass is 290 g/mol. The van der Waals surface area contributed by atoms with E-state index in [1.54, 1.807) is 26.0 Å². The maximum absolute atomic E-state index is 11.7. The minimum absolute atomic E-state index is 0.0128. The molecule has 7 heteroatoms. The van der Waals surface area contributed by atoms with Crippen molar-refractivity contribution >= 4 is 27.3 Å². The quantitative estimate of drug-likeness (QED) is 0.848. The van der Waals surface area contributed by atoms with Crippen LogP contribution in [-0.2, 0) is 9.84 Å². The number of carbonyl (C=O) groups excluding carboxylic acids is 1. The third-order valence-electron chi connectivity index (χ3n) is 2.63. The van der Waals surface area contributed by atoms with E-state index in [2.05, 4.69) is 10.3 Å². The first-order valence-corrected chi connectivity index (χ1v) is 7.51. The van der Waals surface area contributed by atoms with Gasteiger partial charge >= 0.3 is 0 Å². The third kappa shape index (κ3) is 3.68. The smallest absolute Gasteiger partial charge is 0.269 e. The molecule has 0 aliphatic carbocycles. The lowest BCUT2D eigenvalue weighted by Gasteiger charge is -2.22. The Bertz CT molecular complexity index is 555. The fourth-order valence-corrected chi connectivity index (χ4v) is 1.55. The van der Waals surface area contributed by atoms with E-state index in [0.29, 0.717) is 0 Å². The van der Waals surface area contributed by atoms with Crippen LogP contribution in [0.15, 0.2) is 18.2 Å². The van der Waals surface area contributed by atoms with Gasteiger partial charge in [-0.1, -0.05) is 17.7 Å². The average molecular weight is 291 g/mol. The molecule has 0 aliphatic rings. The molecule has 0 radical (unpaired) electrons. The third-order valence-corrected chi connectivity index (χ3v) is 4.99. The average Bonchev–Trinajstić information content (AvgIpc) is 2.24. The van der Waals surface area contributed by atoms with Gasteiger partial charge in [0.05, 0.1) is 4.75 Å². The van der Waals surface area contributed by atoms with Crippen molar-refractivity contribution in [3.05, 3.63) is 29.0 Å². The zero-order chi connectivity index (χ0) is 14.0. The summed E-state index contributed by atoms with van der Waals surface area (Å²) in [7, 11) is -3.25. The molecule has 0 aromatic carbocycles. The Morgan fingerprint density at radius 2 is 2.06 bits per heavy atom. The summed E-state index contributed by atoms with van der Waals surface area (Å²) in [5.41, 5.74) is 0.159. The van der Waals surface area contributed by atoms with Gasteiger partial charge in [-0.25, -0.2) is 13.4 Å². The van der Waals surface area contributed by atoms with Crippen LogP contribution in [0.5, 0.6) is 0 Å². The van der Waals surface area contributed by atoms with Gasteiger partial charge in [0.15, 0.2) is 9.84 Å². The number of carbonyl (C=O) groups is 1. The fraction of sp³-hybridized carbons (Fsp3) is 0.455. The summed E-state index contributed by atoms with van der Waals surface area (Å²) in [6.45, 7) is 3.11. The molecule has 1 N–H and O–H groups in total. The number of nitrogens with one attached hydrogen (secondary N) is 1. The van der Waals surface area contributed by atoms with Crippen LogP contribution in [0.3, 0.4) is 0 Å². The molecule has 5 nitrogen and oxygen atoms in total. The first kappa shape index (κ1) is 14.9. The zero-order valence-corrected chi connectivity index (χ0v) is 12.0. The summed E-state index contributed by atoms with van der Waals surface area (Å²) in [6, 6.07) is 4.67. The van der Waals surface area contributed by atoms with Gasteiger partial charge in [-0.3, -0.25) is 4.79 Å². The summed E-state index contributed by atoms with van der Waals surface area (Å²) in [4.78, 5) is 15.6. The molecular formula is C11H15ClN2O3S. The molecule has 0 unspecified atom stereocenters. The Labute approximate surface area is 111 Å². The number of aromatic nitrogens is 1. The number of halogens is 1. The molecule has 1 rings (SSSR count). The van der Waals surface area contributed by atoms with Crippen molar-refractivity contribution in [1.29, 1.82) is 0 Å². The first-order chi connectivity index (χ1) is 8.13. The van der Waals surface area contributed by atoms with Crippen LogP contribution in [0.4, 0.5) is 0 Å². The van der Waals surface area contributed by atoms with Gasteiger partial charge in [0.2, 0.25) is 0 Å². The molecule has 0 bridgehead atoms. The van der Waals surface area contributed by atoms with Crippen molar-refractivity contribution in [3.63, 3.8) is 0 Å². The molecule has 1 aromatic heterocycles. The molecule has 1 amide bonds. The number of nitrogens with zero attached hydrogens (tertiary/aromatic N) is 1. The molecule has 100 valence electrons. The lowest BCUT2D eigenvalue weighted by atomic mass is 10.2. The van der Waals surface area contributed by atoms with Gasteiger partial charge in [0.1, 0.15) is 10.8 Å². The minimum atomic E-state index is -3.25. The van der Waals surface area contributed by atoms with Crippen molar-refractivity contribution < 1.29 is 13.2 Å². The molecule has 0 saturated carbocycles. The van der Waals surface area contributed by atoms with Gasteiger partial charge in [0.25, 0.3) is 5.91 Å². The molecule has 0 atom stereocenters. The van der Waals surface area contributed by atoms with E-state index in [-0.39, 0.29) is 17.4 Å². The highest BCUT2D eigenvalue weighted by atomic mass is 35.5. The van der Waals surface area contributed by atoms with E-state index < -0.39 is 20.5 Å². The number of hydrogen-bond acceptors (Lipinski definition) is 4. The molecule has 0 aliphatic heterocycles. The highest BCUT2D eigenvalue weighted by Crippen LogP contribution is 2.13. The van der Waals surface area contributed by atoms with E-state index >= 15 is 0 Å². The summed E-state index contributed by atoms with van der Waals surface area (Å²) >= 11 is 5.66. The van der Waals surface area contributed by atoms with Crippen LogP contribution in [0.25, 0.3) is 0 Å². The van der Waals surface area contributed by atoms with E-state index in [9.17, 15) is 13.2 Å². The van der Waals surface area contributed by atoms with Crippen LogP contribution in [0.1, 0.15) is 24.3 Å². The van der Waals surface area contributed by atoms with Crippen molar-refractivity contribution in [3.8, 4) is 0 Å². The maximum atomic E-state index is 11.7. The van der Waals surface area contributed by atoms with E-state index in [0.717, 1.165) is 6.26 Å². The maximum Gasteiger partial charge on any atom is 0.269 e. The van der Waals surface area contributed by atoms with Crippen molar-refractivity contribution in [2.24, 2.45) is 0 Å². The van der Waals surface area contributed by atoms with E-state index in [4.69, 9.17) is 11.6 Å². The first-order valence-electron chi connectivity index (χ1n) is 5.24. The van der Waals surface area contributed by atoms with Gasteiger partial charge < -0.3 is 5.32 Å². The Morgan fingerprint density at radius 1 is 1.44 bits per heavy atom. The fourth-order valence-electron chi connectivity index (χ4n) is 1.05. The second-order valence-corrected chi connectivity index (χ2v) is 7.60. The van der Waals surface area contributed by atoms with Crippen LogP contribution in [0, 0.1) is 0 Å². The Balaban J connectivity index is 2.74. The van der Waals surface area contributed by atoms with Crippen LogP contribution in [0.2, 0.25) is 5.15 Å². The van der Waals surface area contributed by atoms with E-state index in [1.807, 2.05) is 0 Å². The number of hydrogen-bond donors (Lipinski definition) is 1. The molecular weight excluding hydrogens is 276 g/mol. The molecule has 18 heavy (non-hydrogen) atoms. The lowest BCUT2D eigenvalue weighted by Crippen LogP contribution is -2.43. The van der Waals surface area contributed by atoms with Crippen molar-refractivity contribution in [1.82, 2.24) is 10.3 Å². The largest absolute Gasteiger partial charge is 0.349 e. The normalized spacial score (nSPS) is 12.2.